The molecule has 0 radical (unpaired) electrons. The van der Waals surface area contributed by atoms with E-state index in [1.165, 1.54) is 12.8 Å². The molecule has 0 aromatic heterocycles. The number of hydrogen-bond acceptors (Lipinski definition) is 2. The normalized spacial score (nSPS) is 45.1. The monoisotopic (exact) mass is 181 g/mol. The van der Waals surface area contributed by atoms with Gasteiger partial charge in [-0.05, 0) is 39.2 Å². The molecule has 0 aromatic carbocycles. The second kappa shape index (κ2) is 3.10. The Morgan fingerprint density at radius 1 is 1.46 bits per heavy atom. The maximum atomic E-state index is 10.3. The van der Waals surface area contributed by atoms with E-state index < -0.39 is 5.60 Å². The summed E-state index contributed by atoms with van der Waals surface area (Å²) in [7, 11) is 2.19. The van der Waals surface area contributed by atoms with E-state index in [4.69, 9.17) is 0 Å². The van der Waals surface area contributed by atoms with Crippen LogP contribution in [0.1, 0.15) is 32.1 Å². The minimum atomic E-state index is -0.444. The van der Waals surface area contributed by atoms with Crippen LogP contribution in [0, 0.1) is 0 Å². The molecule has 2 aliphatic heterocycles. The minimum Gasteiger partial charge on any atom is -0.389 e. The van der Waals surface area contributed by atoms with Crippen LogP contribution < -0.4 is 0 Å². The van der Waals surface area contributed by atoms with E-state index in [-0.39, 0.29) is 0 Å². The van der Waals surface area contributed by atoms with Crippen LogP contribution in [0.25, 0.3) is 0 Å². The molecule has 2 atom stereocenters. The Bertz CT molecular complexity index is 200. The van der Waals surface area contributed by atoms with Crippen molar-refractivity contribution in [3.8, 4) is 0 Å². The van der Waals surface area contributed by atoms with Gasteiger partial charge < -0.3 is 10.0 Å². The van der Waals surface area contributed by atoms with Crippen molar-refractivity contribution in [2.24, 2.45) is 0 Å². The van der Waals surface area contributed by atoms with Crippen LogP contribution in [0.5, 0.6) is 0 Å². The lowest BCUT2D eigenvalue weighted by Crippen LogP contribution is -2.48. The van der Waals surface area contributed by atoms with Crippen LogP contribution in [0.2, 0.25) is 0 Å². The topological polar surface area (TPSA) is 23.5 Å². The van der Waals surface area contributed by atoms with Crippen LogP contribution in [-0.2, 0) is 0 Å². The van der Waals surface area contributed by atoms with Crippen molar-refractivity contribution < 1.29 is 5.11 Å². The standard InChI is InChI=1S/C11H19NO/c1-3-6-11(13)7-9-4-5-10(8-11)12(9)2/h3,9-10,13H,1,4-8H2,2H3/t9-,10-/m1/s1. The first-order chi connectivity index (χ1) is 6.14. The Hall–Kier alpha value is -0.340. The average molecular weight is 181 g/mol. The Kier molecular flexibility index (Phi) is 2.20. The van der Waals surface area contributed by atoms with Crippen LogP contribution >= 0.6 is 0 Å². The average Bonchev–Trinajstić information content (AvgIpc) is 2.34. The maximum Gasteiger partial charge on any atom is 0.0711 e. The Morgan fingerprint density at radius 3 is 2.46 bits per heavy atom. The summed E-state index contributed by atoms with van der Waals surface area (Å²) in [4.78, 5) is 2.44. The van der Waals surface area contributed by atoms with Gasteiger partial charge in [0.05, 0.1) is 5.60 Å². The predicted octanol–water partition coefficient (Wildman–Crippen LogP) is 1.55. The fourth-order valence-corrected chi connectivity index (χ4v) is 2.98. The molecule has 2 heteroatoms. The number of nitrogens with zero attached hydrogens (tertiary/aromatic N) is 1. The highest BCUT2D eigenvalue weighted by atomic mass is 16.3. The van der Waals surface area contributed by atoms with Crippen molar-refractivity contribution in [2.45, 2.75) is 49.8 Å². The van der Waals surface area contributed by atoms with Gasteiger partial charge in [-0.3, -0.25) is 0 Å². The first-order valence-electron chi connectivity index (χ1n) is 5.20. The first kappa shape index (κ1) is 9.22. The highest BCUT2D eigenvalue weighted by molar-refractivity contribution is 5.02. The number of hydrogen-bond donors (Lipinski definition) is 1. The van der Waals surface area contributed by atoms with Gasteiger partial charge in [-0.15, -0.1) is 6.58 Å². The van der Waals surface area contributed by atoms with Gasteiger partial charge in [0.15, 0.2) is 0 Å². The molecule has 2 rings (SSSR count). The van der Waals surface area contributed by atoms with Gasteiger partial charge in [-0.2, -0.15) is 0 Å². The molecule has 2 saturated heterocycles. The molecule has 2 nitrogen and oxygen atoms in total. The quantitative estimate of drug-likeness (QED) is 0.653. The first-order valence-corrected chi connectivity index (χ1v) is 5.20. The largest absolute Gasteiger partial charge is 0.389 e. The molecule has 2 bridgehead atoms. The fraction of sp³-hybridized carbons (Fsp3) is 0.818. The smallest absolute Gasteiger partial charge is 0.0711 e. The van der Waals surface area contributed by atoms with E-state index in [0.29, 0.717) is 12.1 Å². The third-order valence-corrected chi connectivity index (χ3v) is 3.74. The molecule has 0 aromatic rings. The molecular formula is C11H19NO. The Morgan fingerprint density at radius 2 is 2.00 bits per heavy atom. The van der Waals surface area contributed by atoms with Gasteiger partial charge in [0.25, 0.3) is 0 Å². The summed E-state index contributed by atoms with van der Waals surface area (Å²) in [6.45, 7) is 3.72. The van der Waals surface area contributed by atoms with Crippen molar-refractivity contribution in [1.29, 1.82) is 0 Å². The van der Waals surface area contributed by atoms with E-state index in [0.717, 1.165) is 19.3 Å². The zero-order valence-corrected chi connectivity index (χ0v) is 8.37. The van der Waals surface area contributed by atoms with E-state index in [9.17, 15) is 5.11 Å². The Labute approximate surface area is 80.2 Å². The summed E-state index contributed by atoms with van der Waals surface area (Å²) in [5.41, 5.74) is -0.444. The summed E-state index contributed by atoms with van der Waals surface area (Å²) in [5, 5.41) is 10.3. The predicted molar refractivity (Wildman–Crippen MR) is 53.6 cm³/mol. The third-order valence-electron chi connectivity index (χ3n) is 3.74. The van der Waals surface area contributed by atoms with Gasteiger partial charge in [0, 0.05) is 12.1 Å². The summed E-state index contributed by atoms with van der Waals surface area (Å²) in [6.07, 6.45) is 7.01. The molecule has 74 valence electrons. The number of rotatable bonds is 2. The second-order valence-electron chi connectivity index (χ2n) is 4.68. The van der Waals surface area contributed by atoms with Crippen molar-refractivity contribution in [1.82, 2.24) is 4.90 Å². The zero-order valence-electron chi connectivity index (χ0n) is 8.37. The highest BCUT2D eigenvalue weighted by Crippen LogP contribution is 2.41. The van der Waals surface area contributed by atoms with Gasteiger partial charge in [0.2, 0.25) is 0 Å². The molecule has 0 amide bonds. The summed E-state index contributed by atoms with van der Waals surface area (Å²) < 4.78 is 0. The van der Waals surface area contributed by atoms with E-state index in [2.05, 4.69) is 18.5 Å². The molecule has 2 aliphatic rings. The van der Waals surface area contributed by atoms with Crippen molar-refractivity contribution >= 4 is 0 Å². The molecule has 0 aliphatic carbocycles. The van der Waals surface area contributed by atoms with Gasteiger partial charge in [-0.25, -0.2) is 0 Å². The molecule has 1 N–H and O–H groups in total. The molecule has 2 heterocycles. The summed E-state index contributed by atoms with van der Waals surface area (Å²) >= 11 is 0. The molecule has 0 spiro atoms. The minimum absolute atomic E-state index is 0.444. The number of piperidine rings is 1. The second-order valence-corrected chi connectivity index (χ2v) is 4.68. The molecule has 0 saturated carbocycles. The molecular weight excluding hydrogens is 162 g/mol. The van der Waals surface area contributed by atoms with Crippen LogP contribution in [0.3, 0.4) is 0 Å². The van der Waals surface area contributed by atoms with E-state index in [1.54, 1.807) is 0 Å². The van der Waals surface area contributed by atoms with Crippen molar-refractivity contribution in [3.05, 3.63) is 12.7 Å². The van der Waals surface area contributed by atoms with Gasteiger partial charge >= 0.3 is 0 Å². The lowest BCUT2D eigenvalue weighted by molar-refractivity contribution is -0.0417. The summed E-state index contributed by atoms with van der Waals surface area (Å²) in [5.74, 6) is 0. The van der Waals surface area contributed by atoms with Gasteiger partial charge in [-0.1, -0.05) is 6.08 Å². The zero-order chi connectivity index (χ0) is 9.47. The third kappa shape index (κ3) is 1.53. The number of fused-ring (bicyclic) bond motifs is 2. The lowest BCUT2D eigenvalue weighted by Gasteiger charge is -2.41. The summed E-state index contributed by atoms with van der Waals surface area (Å²) in [6, 6.07) is 1.23. The lowest BCUT2D eigenvalue weighted by atomic mass is 9.84. The van der Waals surface area contributed by atoms with E-state index >= 15 is 0 Å². The molecule has 13 heavy (non-hydrogen) atoms. The molecule has 2 fully saturated rings. The van der Waals surface area contributed by atoms with Crippen LogP contribution in [0.15, 0.2) is 12.7 Å². The van der Waals surface area contributed by atoms with Crippen LogP contribution in [0.4, 0.5) is 0 Å². The highest BCUT2D eigenvalue weighted by Gasteiger charge is 2.44. The van der Waals surface area contributed by atoms with Crippen LogP contribution in [-0.4, -0.2) is 34.7 Å². The molecule has 0 unspecified atom stereocenters. The van der Waals surface area contributed by atoms with E-state index in [1.807, 2.05) is 6.08 Å². The van der Waals surface area contributed by atoms with Crippen molar-refractivity contribution in [3.63, 3.8) is 0 Å². The SMILES string of the molecule is C=CCC1(O)C[C@H]2CC[C@H](C1)N2C. The number of aliphatic hydroxyl groups is 1. The van der Waals surface area contributed by atoms with Crippen molar-refractivity contribution in [2.75, 3.05) is 7.05 Å². The Balaban J connectivity index is 2.09. The fourth-order valence-electron chi connectivity index (χ4n) is 2.98. The van der Waals surface area contributed by atoms with Gasteiger partial charge in [0.1, 0.15) is 0 Å². The maximum absolute atomic E-state index is 10.3.